The number of para-hydroxylation sites is 2. The Kier molecular flexibility index (Phi) is 5.38. The van der Waals surface area contributed by atoms with Gasteiger partial charge >= 0.3 is 0 Å². The maximum absolute atomic E-state index is 13.0. The summed E-state index contributed by atoms with van der Waals surface area (Å²) >= 11 is 0. The Morgan fingerprint density at radius 3 is 2.19 bits per heavy atom. The Balaban J connectivity index is 1.79. The fourth-order valence-electron chi connectivity index (χ4n) is 3.19. The molecule has 1 heterocycles. The molecule has 0 saturated carbocycles. The number of aryl methyl sites for hydroxylation is 1. The summed E-state index contributed by atoms with van der Waals surface area (Å²) in [6.07, 6.45) is 0. The Labute approximate surface area is 155 Å². The normalized spacial score (nSPS) is 15.7. The molecule has 0 aliphatic carbocycles. The van der Waals surface area contributed by atoms with Crippen LogP contribution in [0.2, 0.25) is 0 Å². The smallest absolute Gasteiger partial charge is 0.246 e. The topological polar surface area (TPSA) is 59.1 Å². The minimum absolute atomic E-state index is 0.219. The first-order valence-corrected chi connectivity index (χ1v) is 9.94. The molecular weight excluding hydrogens is 352 g/mol. The number of ether oxygens (including phenoxy) is 2. The van der Waals surface area contributed by atoms with E-state index < -0.39 is 10.0 Å². The molecule has 0 radical (unpaired) electrons. The van der Waals surface area contributed by atoms with E-state index in [0.29, 0.717) is 31.9 Å². The molecule has 2 aromatic rings. The second kappa shape index (κ2) is 7.55. The van der Waals surface area contributed by atoms with Gasteiger partial charge in [-0.05, 0) is 36.8 Å². The van der Waals surface area contributed by atoms with Crippen LogP contribution in [0.25, 0.3) is 0 Å². The predicted octanol–water partition coefficient (Wildman–Crippen LogP) is 2.52. The molecule has 0 N–H and O–H groups in total. The first-order valence-electron chi connectivity index (χ1n) is 8.50. The number of rotatable bonds is 5. The molecule has 26 heavy (non-hydrogen) atoms. The quantitative estimate of drug-likeness (QED) is 0.803. The van der Waals surface area contributed by atoms with Gasteiger partial charge in [-0.25, -0.2) is 8.42 Å². The van der Waals surface area contributed by atoms with Crippen molar-refractivity contribution >= 4 is 15.7 Å². The summed E-state index contributed by atoms with van der Waals surface area (Å²) in [5, 5.41) is 0. The summed E-state index contributed by atoms with van der Waals surface area (Å²) in [6.45, 7) is 3.95. The van der Waals surface area contributed by atoms with Crippen LogP contribution in [0, 0.1) is 6.92 Å². The van der Waals surface area contributed by atoms with Crippen molar-refractivity contribution in [3.63, 3.8) is 0 Å². The van der Waals surface area contributed by atoms with Crippen molar-refractivity contribution in [3.05, 3.63) is 48.0 Å². The first kappa shape index (κ1) is 18.5. The summed E-state index contributed by atoms with van der Waals surface area (Å²) in [4.78, 5) is 2.37. The monoisotopic (exact) mass is 376 g/mol. The van der Waals surface area contributed by atoms with E-state index in [1.54, 1.807) is 25.3 Å². The largest absolute Gasteiger partial charge is 0.495 e. The molecule has 2 aromatic carbocycles. The van der Waals surface area contributed by atoms with Crippen LogP contribution in [0.5, 0.6) is 11.5 Å². The molecular formula is C19H24N2O4S. The first-order chi connectivity index (χ1) is 12.5. The molecule has 0 amide bonds. The lowest BCUT2D eigenvalue weighted by atomic mass is 10.2. The van der Waals surface area contributed by atoms with Gasteiger partial charge in [-0.2, -0.15) is 4.31 Å². The van der Waals surface area contributed by atoms with Crippen molar-refractivity contribution in [1.29, 1.82) is 0 Å². The van der Waals surface area contributed by atoms with E-state index in [1.165, 1.54) is 11.4 Å². The molecule has 0 aromatic heterocycles. The second-order valence-electron chi connectivity index (χ2n) is 6.22. The van der Waals surface area contributed by atoms with Crippen molar-refractivity contribution in [2.75, 3.05) is 45.3 Å². The van der Waals surface area contributed by atoms with E-state index in [1.807, 2.05) is 31.2 Å². The minimum Gasteiger partial charge on any atom is -0.495 e. The maximum atomic E-state index is 13.0. The zero-order chi connectivity index (χ0) is 18.7. The highest BCUT2D eigenvalue weighted by molar-refractivity contribution is 7.89. The zero-order valence-electron chi connectivity index (χ0n) is 15.3. The summed E-state index contributed by atoms with van der Waals surface area (Å²) < 4.78 is 38.3. The molecule has 1 fully saturated rings. The van der Waals surface area contributed by atoms with Crippen LogP contribution in [0.4, 0.5) is 5.69 Å². The van der Waals surface area contributed by atoms with Crippen LogP contribution in [-0.2, 0) is 10.0 Å². The van der Waals surface area contributed by atoms with Crippen LogP contribution in [0.3, 0.4) is 0 Å². The van der Waals surface area contributed by atoms with Crippen LogP contribution < -0.4 is 14.4 Å². The summed E-state index contributed by atoms with van der Waals surface area (Å²) in [7, 11) is -0.457. The average Bonchev–Trinajstić information content (AvgIpc) is 2.67. The van der Waals surface area contributed by atoms with E-state index in [0.717, 1.165) is 17.0 Å². The second-order valence-corrected chi connectivity index (χ2v) is 8.12. The lowest BCUT2D eigenvalue weighted by molar-refractivity contribution is 0.370. The molecule has 0 unspecified atom stereocenters. The summed E-state index contributed by atoms with van der Waals surface area (Å²) in [6, 6.07) is 12.9. The van der Waals surface area contributed by atoms with E-state index in [4.69, 9.17) is 9.47 Å². The number of sulfonamides is 1. The van der Waals surface area contributed by atoms with Gasteiger partial charge in [-0.3, -0.25) is 0 Å². The van der Waals surface area contributed by atoms with E-state index in [2.05, 4.69) is 4.90 Å². The SMILES string of the molecule is COc1ccccc1N1CCN(S(=O)(=O)c2ccc(C)cc2OC)CC1. The maximum Gasteiger partial charge on any atom is 0.246 e. The van der Waals surface area contributed by atoms with Gasteiger partial charge in [0.2, 0.25) is 10.0 Å². The summed E-state index contributed by atoms with van der Waals surface area (Å²) in [5.74, 6) is 1.18. The summed E-state index contributed by atoms with van der Waals surface area (Å²) in [5.41, 5.74) is 1.95. The van der Waals surface area contributed by atoms with Gasteiger partial charge in [0.05, 0.1) is 19.9 Å². The fourth-order valence-corrected chi connectivity index (χ4v) is 4.75. The zero-order valence-corrected chi connectivity index (χ0v) is 16.1. The van der Waals surface area contributed by atoms with Crippen LogP contribution in [0.1, 0.15) is 5.56 Å². The number of nitrogens with zero attached hydrogens (tertiary/aromatic N) is 2. The number of hydrogen-bond acceptors (Lipinski definition) is 5. The Morgan fingerprint density at radius 1 is 0.885 bits per heavy atom. The van der Waals surface area contributed by atoms with Crippen molar-refractivity contribution in [3.8, 4) is 11.5 Å². The van der Waals surface area contributed by atoms with Gasteiger partial charge in [0, 0.05) is 26.2 Å². The third-order valence-corrected chi connectivity index (χ3v) is 6.54. The fraction of sp³-hybridized carbons (Fsp3) is 0.368. The number of methoxy groups -OCH3 is 2. The van der Waals surface area contributed by atoms with Crippen molar-refractivity contribution < 1.29 is 17.9 Å². The molecule has 7 heteroatoms. The Bertz CT molecular complexity index is 875. The molecule has 1 aliphatic rings. The molecule has 3 rings (SSSR count). The standard InChI is InChI=1S/C19H24N2O4S/c1-15-8-9-19(18(14-15)25-3)26(22,23)21-12-10-20(11-13-21)16-6-4-5-7-17(16)24-2/h4-9,14H,10-13H2,1-3H3. The molecule has 1 saturated heterocycles. The minimum atomic E-state index is -3.59. The number of piperazine rings is 1. The van der Waals surface area contributed by atoms with Crippen molar-refractivity contribution in [1.82, 2.24) is 4.31 Å². The van der Waals surface area contributed by atoms with Crippen LogP contribution in [-0.4, -0.2) is 53.1 Å². The van der Waals surface area contributed by atoms with Crippen molar-refractivity contribution in [2.45, 2.75) is 11.8 Å². The number of benzene rings is 2. The van der Waals surface area contributed by atoms with Gasteiger partial charge in [-0.15, -0.1) is 0 Å². The number of hydrogen-bond donors (Lipinski definition) is 0. The van der Waals surface area contributed by atoms with Gasteiger partial charge in [0.15, 0.2) is 0 Å². The molecule has 0 atom stereocenters. The van der Waals surface area contributed by atoms with E-state index >= 15 is 0 Å². The van der Waals surface area contributed by atoms with Crippen LogP contribution in [0.15, 0.2) is 47.4 Å². The number of anilines is 1. The molecule has 0 bridgehead atoms. The van der Waals surface area contributed by atoms with Crippen LogP contribution >= 0.6 is 0 Å². The van der Waals surface area contributed by atoms with Crippen molar-refractivity contribution in [2.24, 2.45) is 0 Å². The average molecular weight is 376 g/mol. The van der Waals surface area contributed by atoms with Gasteiger partial charge < -0.3 is 14.4 Å². The van der Waals surface area contributed by atoms with E-state index in [-0.39, 0.29) is 4.90 Å². The van der Waals surface area contributed by atoms with Gasteiger partial charge in [0.25, 0.3) is 0 Å². The molecule has 6 nitrogen and oxygen atoms in total. The van der Waals surface area contributed by atoms with Gasteiger partial charge in [-0.1, -0.05) is 18.2 Å². The highest BCUT2D eigenvalue weighted by Crippen LogP contribution is 2.31. The Hall–Kier alpha value is -2.25. The van der Waals surface area contributed by atoms with Gasteiger partial charge in [0.1, 0.15) is 16.4 Å². The highest BCUT2D eigenvalue weighted by atomic mass is 32.2. The highest BCUT2D eigenvalue weighted by Gasteiger charge is 2.31. The lowest BCUT2D eigenvalue weighted by Crippen LogP contribution is -2.48. The third-order valence-electron chi connectivity index (χ3n) is 4.60. The molecule has 0 spiro atoms. The lowest BCUT2D eigenvalue weighted by Gasteiger charge is -2.36. The molecule has 1 aliphatic heterocycles. The molecule has 140 valence electrons. The third kappa shape index (κ3) is 3.50. The predicted molar refractivity (Wildman–Crippen MR) is 102 cm³/mol. The Morgan fingerprint density at radius 2 is 1.54 bits per heavy atom. The van der Waals surface area contributed by atoms with E-state index in [9.17, 15) is 8.42 Å².